The van der Waals surface area contributed by atoms with E-state index < -0.39 is 11.6 Å². The van der Waals surface area contributed by atoms with E-state index in [0.29, 0.717) is 11.4 Å². The van der Waals surface area contributed by atoms with Crippen LogP contribution >= 0.6 is 0 Å². The first-order chi connectivity index (χ1) is 13.0. The molecule has 2 heterocycles. The Morgan fingerprint density at radius 1 is 0.963 bits per heavy atom. The van der Waals surface area contributed by atoms with Gasteiger partial charge in [0.15, 0.2) is 11.9 Å². The predicted octanol–water partition coefficient (Wildman–Crippen LogP) is 3.21. The van der Waals surface area contributed by atoms with Crippen molar-refractivity contribution in [3.63, 3.8) is 0 Å². The van der Waals surface area contributed by atoms with Gasteiger partial charge in [0.05, 0.1) is 0 Å². The Hall–Kier alpha value is -3.48. The van der Waals surface area contributed by atoms with Crippen molar-refractivity contribution in [1.29, 1.82) is 0 Å². The number of ketones is 1. The highest BCUT2D eigenvalue weighted by Gasteiger charge is 2.55. The van der Waals surface area contributed by atoms with Crippen molar-refractivity contribution in [1.82, 2.24) is 14.8 Å². The van der Waals surface area contributed by atoms with E-state index in [1.54, 1.807) is 38.1 Å². The summed E-state index contributed by atoms with van der Waals surface area (Å²) in [5.41, 5.74) is -0.532. The quantitative estimate of drug-likeness (QED) is 0.666. The zero-order valence-corrected chi connectivity index (χ0v) is 14.9. The standard InChI is InChI=1S/C20H18N4O3/c1-20(2)17(25)18(23-13-21-12-22-23)24(19(20)26)14-8-10-16(11-9-14)27-15-6-4-3-5-7-15/h3-13,18H,1-2H3. The van der Waals surface area contributed by atoms with Crippen molar-refractivity contribution in [2.45, 2.75) is 20.0 Å². The van der Waals surface area contributed by atoms with Gasteiger partial charge in [0, 0.05) is 5.69 Å². The molecule has 3 aromatic rings. The number of Topliss-reactive ketones (excluding diaryl/α,β-unsaturated/α-hetero) is 1. The van der Waals surface area contributed by atoms with Crippen LogP contribution in [-0.4, -0.2) is 26.5 Å². The molecule has 1 saturated heterocycles. The van der Waals surface area contributed by atoms with Crippen LogP contribution in [0.2, 0.25) is 0 Å². The third-order valence-corrected chi connectivity index (χ3v) is 4.63. The molecule has 0 N–H and O–H groups in total. The predicted molar refractivity (Wildman–Crippen MR) is 98.3 cm³/mol. The Balaban J connectivity index is 1.66. The highest BCUT2D eigenvalue weighted by Crippen LogP contribution is 2.41. The fraction of sp³-hybridized carbons (Fsp3) is 0.200. The van der Waals surface area contributed by atoms with Crippen LogP contribution in [-0.2, 0) is 9.59 Å². The van der Waals surface area contributed by atoms with Crippen molar-refractivity contribution < 1.29 is 14.3 Å². The molecule has 1 amide bonds. The number of para-hydroxylation sites is 1. The lowest BCUT2D eigenvalue weighted by molar-refractivity contribution is -0.133. The Labute approximate surface area is 156 Å². The van der Waals surface area contributed by atoms with Crippen LogP contribution in [0.3, 0.4) is 0 Å². The third kappa shape index (κ3) is 2.87. The minimum Gasteiger partial charge on any atom is -0.457 e. The molecule has 1 aliphatic rings. The number of hydrogen-bond donors (Lipinski definition) is 0. The number of nitrogens with zero attached hydrogens (tertiary/aromatic N) is 4. The molecule has 27 heavy (non-hydrogen) atoms. The van der Waals surface area contributed by atoms with Crippen LogP contribution in [0.1, 0.15) is 20.0 Å². The number of rotatable bonds is 4. The second-order valence-corrected chi connectivity index (χ2v) is 6.82. The van der Waals surface area contributed by atoms with Gasteiger partial charge in [-0.05, 0) is 50.2 Å². The average Bonchev–Trinajstić information content (AvgIpc) is 3.26. The molecule has 1 unspecified atom stereocenters. The monoisotopic (exact) mass is 362 g/mol. The minimum absolute atomic E-state index is 0.220. The number of hydrogen-bond acceptors (Lipinski definition) is 5. The number of carbonyl (C=O) groups excluding carboxylic acids is 2. The number of aromatic nitrogens is 3. The maximum atomic E-state index is 12.9. The molecule has 7 heteroatoms. The fourth-order valence-electron chi connectivity index (χ4n) is 3.10. The smallest absolute Gasteiger partial charge is 0.242 e. The molecule has 0 bridgehead atoms. The highest BCUT2D eigenvalue weighted by molar-refractivity contribution is 6.21. The minimum atomic E-state index is -1.13. The molecule has 1 atom stereocenters. The largest absolute Gasteiger partial charge is 0.457 e. The van der Waals surface area contributed by atoms with Gasteiger partial charge in [-0.25, -0.2) is 9.67 Å². The molecule has 4 rings (SSSR count). The molecular formula is C20H18N4O3. The van der Waals surface area contributed by atoms with Crippen LogP contribution in [0, 0.1) is 5.41 Å². The molecule has 136 valence electrons. The third-order valence-electron chi connectivity index (χ3n) is 4.63. The van der Waals surface area contributed by atoms with E-state index >= 15 is 0 Å². The molecular weight excluding hydrogens is 344 g/mol. The van der Waals surface area contributed by atoms with E-state index in [4.69, 9.17) is 4.74 Å². The highest BCUT2D eigenvalue weighted by atomic mass is 16.5. The first-order valence-electron chi connectivity index (χ1n) is 8.53. The summed E-state index contributed by atoms with van der Waals surface area (Å²) >= 11 is 0. The maximum Gasteiger partial charge on any atom is 0.242 e. The Morgan fingerprint density at radius 2 is 1.63 bits per heavy atom. The van der Waals surface area contributed by atoms with Crippen molar-refractivity contribution in [3.8, 4) is 11.5 Å². The van der Waals surface area contributed by atoms with E-state index in [1.807, 2.05) is 30.3 Å². The lowest BCUT2D eigenvalue weighted by atomic mass is 9.90. The maximum absolute atomic E-state index is 12.9. The van der Waals surface area contributed by atoms with Crippen LogP contribution in [0.5, 0.6) is 11.5 Å². The summed E-state index contributed by atoms with van der Waals surface area (Å²) in [7, 11) is 0. The van der Waals surface area contributed by atoms with Crippen LogP contribution in [0.25, 0.3) is 0 Å². The number of amides is 1. The molecule has 0 saturated carbocycles. The zero-order valence-electron chi connectivity index (χ0n) is 14.9. The number of anilines is 1. The molecule has 1 aliphatic heterocycles. The van der Waals surface area contributed by atoms with E-state index in [0.717, 1.165) is 5.75 Å². The van der Waals surface area contributed by atoms with E-state index in [-0.39, 0.29) is 11.7 Å². The summed E-state index contributed by atoms with van der Waals surface area (Å²) < 4.78 is 7.19. The summed E-state index contributed by atoms with van der Waals surface area (Å²) in [5, 5.41) is 4.06. The molecule has 7 nitrogen and oxygen atoms in total. The van der Waals surface area contributed by atoms with Gasteiger partial charge < -0.3 is 4.74 Å². The molecule has 1 fully saturated rings. The average molecular weight is 362 g/mol. The van der Waals surface area contributed by atoms with E-state index in [2.05, 4.69) is 10.1 Å². The first-order valence-corrected chi connectivity index (χ1v) is 8.53. The fourth-order valence-corrected chi connectivity index (χ4v) is 3.10. The van der Waals surface area contributed by atoms with Crippen molar-refractivity contribution in [2.24, 2.45) is 5.41 Å². The van der Waals surface area contributed by atoms with Crippen molar-refractivity contribution in [2.75, 3.05) is 4.90 Å². The van der Waals surface area contributed by atoms with Crippen LogP contribution < -0.4 is 9.64 Å². The summed E-state index contributed by atoms with van der Waals surface area (Å²) in [6, 6.07) is 16.5. The lowest BCUT2D eigenvalue weighted by Gasteiger charge is -2.23. The molecule has 1 aromatic heterocycles. The van der Waals surface area contributed by atoms with E-state index in [9.17, 15) is 9.59 Å². The normalized spacial score (nSPS) is 18.7. The Morgan fingerprint density at radius 3 is 2.26 bits per heavy atom. The second-order valence-electron chi connectivity index (χ2n) is 6.82. The molecule has 2 aromatic carbocycles. The van der Waals surface area contributed by atoms with Gasteiger partial charge in [-0.1, -0.05) is 18.2 Å². The SMILES string of the molecule is CC1(C)C(=O)C(n2cncn2)N(c2ccc(Oc3ccccc3)cc2)C1=O. The lowest BCUT2D eigenvalue weighted by Crippen LogP contribution is -2.34. The van der Waals surface area contributed by atoms with Gasteiger partial charge in [0.1, 0.15) is 29.6 Å². The van der Waals surface area contributed by atoms with Gasteiger partial charge in [-0.2, -0.15) is 5.10 Å². The van der Waals surface area contributed by atoms with Crippen LogP contribution in [0.4, 0.5) is 5.69 Å². The second kappa shape index (κ2) is 6.35. The van der Waals surface area contributed by atoms with Gasteiger partial charge in [0.2, 0.25) is 5.91 Å². The molecule has 0 aliphatic carbocycles. The summed E-state index contributed by atoms with van der Waals surface area (Å²) in [5.74, 6) is 0.867. The van der Waals surface area contributed by atoms with E-state index in [1.165, 1.54) is 22.2 Å². The first kappa shape index (κ1) is 17.0. The molecule has 0 spiro atoms. The van der Waals surface area contributed by atoms with Crippen molar-refractivity contribution >= 4 is 17.4 Å². The summed E-state index contributed by atoms with van der Waals surface area (Å²) in [4.78, 5) is 31.2. The van der Waals surface area contributed by atoms with Gasteiger partial charge >= 0.3 is 0 Å². The summed E-state index contributed by atoms with van der Waals surface area (Å²) in [6.07, 6.45) is 1.94. The Kier molecular flexibility index (Phi) is 3.99. The van der Waals surface area contributed by atoms with Gasteiger partial charge in [-0.3, -0.25) is 14.5 Å². The number of carbonyl (C=O) groups is 2. The van der Waals surface area contributed by atoms with Gasteiger partial charge in [-0.15, -0.1) is 0 Å². The van der Waals surface area contributed by atoms with Crippen LogP contribution in [0.15, 0.2) is 67.3 Å². The van der Waals surface area contributed by atoms with Gasteiger partial charge in [0.25, 0.3) is 0 Å². The Bertz CT molecular complexity index is 966. The van der Waals surface area contributed by atoms with Crippen molar-refractivity contribution in [3.05, 3.63) is 67.3 Å². The zero-order chi connectivity index (χ0) is 19.0. The number of ether oxygens (including phenoxy) is 1. The number of benzene rings is 2. The summed E-state index contributed by atoms with van der Waals surface area (Å²) in [6.45, 7) is 3.27. The molecule has 0 radical (unpaired) electrons. The topological polar surface area (TPSA) is 77.3 Å².